The van der Waals surface area contributed by atoms with E-state index in [0.29, 0.717) is 5.39 Å². The maximum atomic E-state index is 12.0. The predicted molar refractivity (Wildman–Crippen MR) is 81.8 cm³/mol. The summed E-state index contributed by atoms with van der Waals surface area (Å²) < 4.78 is 1.50. The summed E-state index contributed by atoms with van der Waals surface area (Å²) in [5.74, 6) is 0. The second-order valence-electron chi connectivity index (χ2n) is 4.94. The molecule has 0 unspecified atom stereocenters. The Bertz CT molecular complexity index is 817. The average molecular weight is 264 g/mol. The Morgan fingerprint density at radius 3 is 2.45 bits per heavy atom. The van der Waals surface area contributed by atoms with Gasteiger partial charge in [-0.2, -0.15) is 0 Å². The van der Waals surface area contributed by atoms with Crippen LogP contribution in [0, 0.1) is 0 Å². The molecule has 100 valence electrons. The largest absolute Gasteiger partial charge is 0.302 e. The van der Waals surface area contributed by atoms with E-state index in [4.69, 9.17) is 0 Å². The van der Waals surface area contributed by atoms with Crippen LogP contribution in [0.25, 0.3) is 22.0 Å². The Morgan fingerprint density at radius 2 is 1.75 bits per heavy atom. The Morgan fingerprint density at radius 1 is 1.05 bits per heavy atom. The number of benzene rings is 2. The number of fused-ring (bicyclic) bond motifs is 1. The van der Waals surface area contributed by atoms with Gasteiger partial charge in [0, 0.05) is 7.05 Å². The normalized spacial score (nSPS) is 10.9. The van der Waals surface area contributed by atoms with E-state index < -0.39 is 0 Å². The SMILES string of the molecule is CCc1ccc(-c2ccc3c(=O)n(C)cnc3c2)cc1. The average Bonchev–Trinajstić information content (AvgIpc) is 2.51. The lowest BCUT2D eigenvalue weighted by Crippen LogP contribution is -2.16. The van der Waals surface area contributed by atoms with E-state index >= 15 is 0 Å². The summed E-state index contributed by atoms with van der Waals surface area (Å²) in [7, 11) is 1.71. The minimum Gasteiger partial charge on any atom is -0.302 e. The Labute approximate surface area is 117 Å². The van der Waals surface area contributed by atoms with Crippen LogP contribution >= 0.6 is 0 Å². The zero-order valence-electron chi connectivity index (χ0n) is 11.6. The van der Waals surface area contributed by atoms with Gasteiger partial charge in [0.25, 0.3) is 5.56 Å². The summed E-state index contributed by atoms with van der Waals surface area (Å²) in [6.07, 6.45) is 2.60. The minimum atomic E-state index is -0.0112. The van der Waals surface area contributed by atoms with E-state index in [9.17, 15) is 4.79 Å². The van der Waals surface area contributed by atoms with Crippen molar-refractivity contribution >= 4 is 10.9 Å². The smallest absolute Gasteiger partial charge is 0.260 e. The molecular weight excluding hydrogens is 248 g/mol. The quantitative estimate of drug-likeness (QED) is 0.712. The summed E-state index contributed by atoms with van der Waals surface area (Å²) in [6, 6.07) is 14.3. The van der Waals surface area contributed by atoms with Crippen molar-refractivity contribution in [1.29, 1.82) is 0 Å². The first kappa shape index (κ1) is 12.6. The van der Waals surface area contributed by atoms with E-state index in [1.54, 1.807) is 13.4 Å². The van der Waals surface area contributed by atoms with Crippen molar-refractivity contribution in [1.82, 2.24) is 9.55 Å². The molecule has 1 aromatic heterocycles. The van der Waals surface area contributed by atoms with Crippen LogP contribution in [0.15, 0.2) is 53.6 Å². The topological polar surface area (TPSA) is 34.9 Å². The van der Waals surface area contributed by atoms with Crippen molar-refractivity contribution in [2.45, 2.75) is 13.3 Å². The Hall–Kier alpha value is -2.42. The predicted octanol–water partition coefficient (Wildman–Crippen LogP) is 3.16. The van der Waals surface area contributed by atoms with Gasteiger partial charge in [-0.1, -0.05) is 37.3 Å². The maximum Gasteiger partial charge on any atom is 0.260 e. The minimum absolute atomic E-state index is 0.0112. The summed E-state index contributed by atoms with van der Waals surface area (Å²) in [6.45, 7) is 2.14. The van der Waals surface area contributed by atoms with Gasteiger partial charge in [0.15, 0.2) is 0 Å². The molecule has 3 heteroatoms. The summed E-state index contributed by atoms with van der Waals surface area (Å²) in [5, 5.41) is 0.656. The Kier molecular flexibility index (Phi) is 3.11. The third-order valence-corrected chi connectivity index (χ3v) is 3.61. The summed E-state index contributed by atoms with van der Waals surface area (Å²) in [5.41, 5.74) is 4.28. The molecule has 0 saturated heterocycles. The molecule has 0 fully saturated rings. The van der Waals surface area contributed by atoms with Crippen molar-refractivity contribution in [3.63, 3.8) is 0 Å². The van der Waals surface area contributed by atoms with Crippen LogP contribution in [0.2, 0.25) is 0 Å². The van der Waals surface area contributed by atoms with Gasteiger partial charge in [-0.3, -0.25) is 4.79 Å². The molecule has 0 aliphatic carbocycles. The lowest BCUT2D eigenvalue weighted by atomic mass is 10.0. The van der Waals surface area contributed by atoms with Crippen LogP contribution in [0.3, 0.4) is 0 Å². The molecule has 3 rings (SSSR count). The van der Waals surface area contributed by atoms with E-state index in [-0.39, 0.29) is 5.56 Å². The number of nitrogens with zero attached hydrogens (tertiary/aromatic N) is 2. The number of hydrogen-bond donors (Lipinski definition) is 0. The highest BCUT2D eigenvalue weighted by atomic mass is 16.1. The standard InChI is InChI=1S/C17H16N2O/c1-3-12-4-6-13(7-5-12)14-8-9-15-16(10-14)18-11-19(2)17(15)20/h4-11H,3H2,1-2H3. The molecule has 0 atom stereocenters. The van der Waals surface area contributed by atoms with Crippen molar-refractivity contribution in [3.05, 3.63) is 64.7 Å². The van der Waals surface area contributed by atoms with Crippen LogP contribution in [0.5, 0.6) is 0 Å². The fourth-order valence-corrected chi connectivity index (χ4v) is 2.32. The highest BCUT2D eigenvalue weighted by Crippen LogP contribution is 2.22. The van der Waals surface area contributed by atoms with Crippen molar-refractivity contribution in [2.24, 2.45) is 7.05 Å². The van der Waals surface area contributed by atoms with Crippen molar-refractivity contribution < 1.29 is 0 Å². The van der Waals surface area contributed by atoms with E-state index in [2.05, 4.69) is 36.2 Å². The third-order valence-electron chi connectivity index (χ3n) is 3.61. The molecule has 0 amide bonds. The third kappa shape index (κ3) is 2.11. The molecule has 1 heterocycles. The molecule has 3 nitrogen and oxygen atoms in total. The van der Waals surface area contributed by atoms with Gasteiger partial charge >= 0.3 is 0 Å². The summed E-state index contributed by atoms with van der Waals surface area (Å²) >= 11 is 0. The van der Waals surface area contributed by atoms with Crippen LogP contribution in [-0.4, -0.2) is 9.55 Å². The van der Waals surface area contributed by atoms with Crippen molar-refractivity contribution in [2.75, 3.05) is 0 Å². The lowest BCUT2D eigenvalue weighted by Gasteiger charge is -2.05. The van der Waals surface area contributed by atoms with Crippen molar-refractivity contribution in [3.8, 4) is 11.1 Å². The van der Waals surface area contributed by atoms with E-state index in [1.807, 2.05) is 18.2 Å². The number of hydrogen-bond acceptors (Lipinski definition) is 2. The van der Waals surface area contributed by atoms with Gasteiger partial charge in [0.1, 0.15) is 0 Å². The van der Waals surface area contributed by atoms with Crippen LogP contribution < -0.4 is 5.56 Å². The number of aromatic nitrogens is 2. The van der Waals surface area contributed by atoms with Gasteiger partial charge in [0.2, 0.25) is 0 Å². The van der Waals surface area contributed by atoms with Gasteiger partial charge in [-0.05, 0) is 35.2 Å². The molecule has 0 spiro atoms. The van der Waals surface area contributed by atoms with E-state index in [1.165, 1.54) is 10.1 Å². The highest BCUT2D eigenvalue weighted by Gasteiger charge is 2.04. The lowest BCUT2D eigenvalue weighted by molar-refractivity contribution is 0.843. The van der Waals surface area contributed by atoms with Gasteiger partial charge in [-0.15, -0.1) is 0 Å². The maximum absolute atomic E-state index is 12.0. The molecular formula is C17H16N2O. The van der Waals surface area contributed by atoms with Crippen LogP contribution in [-0.2, 0) is 13.5 Å². The molecule has 0 aliphatic rings. The fraction of sp³-hybridized carbons (Fsp3) is 0.176. The zero-order valence-corrected chi connectivity index (χ0v) is 11.6. The molecule has 20 heavy (non-hydrogen) atoms. The van der Waals surface area contributed by atoms with E-state index in [0.717, 1.165) is 23.1 Å². The first-order chi connectivity index (χ1) is 9.69. The molecule has 0 radical (unpaired) electrons. The number of rotatable bonds is 2. The van der Waals surface area contributed by atoms with Gasteiger partial charge in [-0.25, -0.2) is 4.98 Å². The first-order valence-electron chi connectivity index (χ1n) is 6.74. The molecule has 0 saturated carbocycles. The molecule has 0 N–H and O–H groups in total. The zero-order chi connectivity index (χ0) is 14.1. The molecule has 2 aromatic carbocycles. The molecule has 0 bridgehead atoms. The van der Waals surface area contributed by atoms with Gasteiger partial charge < -0.3 is 4.57 Å². The van der Waals surface area contributed by atoms with Crippen LogP contribution in [0.4, 0.5) is 0 Å². The Balaban J connectivity index is 2.13. The fourth-order valence-electron chi connectivity index (χ4n) is 2.32. The number of aryl methyl sites for hydroxylation is 2. The monoisotopic (exact) mass is 264 g/mol. The van der Waals surface area contributed by atoms with Crippen LogP contribution in [0.1, 0.15) is 12.5 Å². The second-order valence-corrected chi connectivity index (χ2v) is 4.94. The molecule has 0 aliphatic heterocycles. The summed E-state index contributed by atoms with van der Waals surface area (Å²) in [4.78, 5) is 16.3. The molecule has 3 aromatic rings. The van der Waals surface area contributed by atoms with Gasteiger partial charge in [0.05, 0.1) is 17.2 Å². The second kappa shape index (κ2) is 4.93. The highest BCUT2D eigenvalue weighted by molar-refractivity contribution is 5.83. The first-order valence-corrected chi connectivity index (χ1v) is 6.74.